The van der Waals surface area contributed by atoms with E-state index in [0.717, 1.165) is 70.6 Å². The maximum atomic E-state index is 13.0. The minimum atomic E-state index is -0.0287. The topological polar surface area (TPSA) is 80.9 Å². The summed E-state index contributed by atoms with van der Waals surface area (Å²) >= 11 is 0. The van der Waals surface area contributed by atoms with Crippen LogP contribution in [0.4, 0.5) is 0 Å². The van der Waals surface area contributed by atoms with Crippen molar-refractivity contribution in [3.63, 3.8) is 0 Å². The van der Waals surface area contributed by atoms with Crippen LogP contribution in [0.5, 0.6) is 0 Å². The summed E-state index contributed by atoms with van der Waals surface area (Å²) in [6.07, 6.45) is 10.3. The molecule has 6 aromatic rings. The van der Waals surface area contributed by atoms with Crippen LogP contribution in [0.1, 0.15) is 94.5 Å². The maximum Gasteiger partial charge on any atom is 1.00 e. The third kappa shape index (κ3) is 8.26. The molecule has 2 saturated carbocycles. The van der Waals surface area contributed by atoms with Crippen LogP contribution in [0.25, 0.3) is 44.8 Å². The number of H-pyrrole nitrogens is 2. The molecule has 5 unspecified atom stereocenters. The molecular formula is C50H68AlLiN6O. The molecule has 4 heterocycles. The summed E-state index contributed by atoms with van der Waals surface area (Å²) in [5.41, 5.74) is 9.56. The quantitative estimate of drug-likeness (QED) is 0.0902. The second kappa shape index (κ2) is 18.2. The van der Waals surface area contributed by atoms with Crippen molar-refractivity contribution in [1.82, 2.24) is 29.7 Å². The van der Waals surface area contributed by atoms with Gasteiger partial charge in [-0.05, 0) is 84.7 Å². The Balaban J connectivity index is 0.000000252. The van der Waals surface area contributed by atoms with Gasteiger partial charge in [0.05, 0.1) is 28.0 Å². The molecular weight excluding hydrogens is 735 g/mol. The molecule has 1 amide bonds. The Morgan fingerprint density at radius 3 is 1.64 bits per heavy atom. The van der Waals surface area contributed by atoms with E-state index in [4.69, 9.17) is 9.97 Å². The standard InChI is InChI=1S/C25H29N3O.C25H31N3.Al.Li.2H2.4H/c1-3-4-5-8-14-28-16-19-22(24(28)29)25(19,2)18-11-9-10-17(15-18)23-26-20-12-6-7-13-21(20)27-23;1-3-4-5-8-14-28-16-20-21(17-28)25(20,2)19-11-9-10-18(15-19)24-26-22-12-6-7-13-23(22)27-24;;;;;;;;/h6-7,9-13,15,19,22H,3-5,8,14,16H2,1-2H3,(H,26,27);6-7,9-13,15,20-21H,3-5,8,14,16-17H2,1-2H3,(H,26,27);;;2*1H;;;;/q;;;+1;;;;;;-1. The van der Waals surface area contributed by atoms with Crippen molar-refractivity contribution in [3.8, 4) is 22.8 Å². The van der Waals surface area contributed by atoms with Crippen LogP contribution in [-0.2, 0) is 15.6 Å². The van der Waals surface area contributed by atoms with E-state index in [1.165, 1.54) is 81.3 Å². The monoisotopic (exact) mass is 803 g/mol. The number of nitrogens with zero attached hydrogens (tertiary/aromatic N) is 4. The van der Waals surface area contributed by atoms with E-state index >= 15 is 0 Å². The molecule has 2 aromatic heterocycles. The van der Waals surface area contributed by atoms with Crippen LogP contribution < -0.4 is 18.9 Å². The van der Waals surface area contributed by atoms with Gasteiger partial charge in [0.25, 0.3) is 0 Å². The molecule has 4 fully saturated rings. The van der Waals surface area contributed by atoms with Crippen molar-refractivity contribution in [1.29, 1.82) is 0 Å². The number of aromatic amines is 2. The number of hydrogen-bond donors (Lipinski definition) is 2. The van der Waals surface area contributed by atoms with E-state index in [2.05, 4.69) is 120 Å². The SMILES string of the molecule is CCCCCCN1CC2C(C1)C2(C)c1cccc(-c2nc3ccccc3[nH]2)c1.CCCCCCN1CC2C(C1=O)C2(C)c1cccc(-c2nc3ccccc3[nH]2)c1.[AlH3].[H-].[HH].[HH].[Li+]. The Kier molecular flexibility index (Phi) is 13.4. The van der Waals surface area contributed by atoms with Crippen LogP contribution in [-0.4, -0.2) is 85.7 Å². The van der Waals surface area contributed by atoms with Crippen molar-refractivity contribution in [2.45, 2.75) is 89.9 Å². The third-order valence-electron chi connectivity index (χ3n) is 14.4. The molecule has 308 valence electrons. The maximum absolute atomic E-state index is 13.0. The molecule has 0 spiro atoms. The van der Waals surface area contributed by atoms with Crippen LogP contribution in [0.15, 0.2) is 97.1 Å². The van der Waals surface area contributed by atoms with Gasteiger partial charge in [-0.15, -0.1) is 0 Å². The number of aromatic nitrogens is 4. The van der Waals surface area contributed by atoms with E-state index in [0.29, 0.717) is 17.2 Å². The van der Waals surface area contributed by atoms with E-state index in [-0.39, 0.29) is 51.8 Å². The van der Waals surface area contributed by atoms with Crippen LogP contribution in [0.2, 0.25) is 0 Å². The number of likely N-dealkylation sites (tertiary alicyclic amines) is 2. The zero-order valence-corrected chi connectivity index (χ0v) is 35.4. The first-order chi connectivity index (χ1) is 27.8. The Labute approximate surface area is 378 Å². The smallest absolute Gasteiger partial charge is 1.00 e. The van der Waals surface area contributed by atoms with E-state index in [1.807, 2.05) is 24.3 Å². The number of carbonyl (C=O) groups excluding carboxylic acids is 1. The van der Waals surface area contributed by atoms with Crippen molar-refractivity contribution in [3.05, 3.63) is 108 Å². The van der Waals surface area contributed by atoms with Crippen LogP contribution in [0.3, 0.4) is 0 Å². The first-order valence-electron chi connectivity index (χ1n) is 21.9. The molecule has 0 radical (unpaired) electrons. The van der Waals surface area contributed by atoms with Gasteiger partial charge in [-0.2, -0.15) is 0 Å². The molecule has 2 saturated heterocycles. The molecule has 2 aliphatic carbocycles. The molecule has 59 heavy (non-hydrogen) atoms. The summed E-state index contributed by atoms with van der Waals surface area (Å²) in [5, 5.41) is 0. The number of fused-ring (bicyclic) bond motifs is 4. The fourth-order valence-electron chi connectivity index (χ4n) is 10.7. The summed E-state index contributed by atoms with van der Waals surface area (Å²) in [6.45, 7) is 15.0. The van der Waals surface area contributed by atoms with Crippen molar-refractivity contribution in [2.24, 2.45) is 23.7 Å². The summed E-state index contributed by atoms with van der Waals surface area (Å²) in [5.74, 6) is 4.49. The van der Waals surface area contributed by atoms with Gasteiger partial charge >= 0.3 is 18.9 Å². The predicted octanol–water partition coefficient (Wildman–Crippen LogP) is 7.21. The molecule has 4 aromatic carbocycles. The summed E-state index contributed by atoms with van der Waals surface area (Å²) < 4.78 is 0. The van der Waals surface area contributed by atoms with Gasteiger partial charge in [0.2, 0.25) is 5.91 Å². The molecule has 5 atom stereocenters. The Morgan fingerprint density at radius 2 is 1.15 bits per heavy atom. The first kappa shape index (κ1) is 43.5. The fraction of sp³-hybridized carbons (Fsp3) is 0.460. The average molecular weight is 803 g/mol. The number of nitrogens with one attached hydrogen (secondary N) is 2. The number of para-hydroxylation sites is 4. The van der Waals surface area contributed by atoms with Gasteiger partial charge < -0.3 is 21.2 Å². The van der Waals surface area contributed by atoms with Crippen molar-refractivity contribution < 1.29 is 27.9 Å². The number of rotatable bonds is 14. The molecule has 0 bridgehead atoms. The normalized spacial score (nSPS) is 25.2. The largest absolute Gasteiger partial charge is 1.00 e. The van der Waals surface area contributed by atoms with Gasteiger partial charge in [-0.3, -0.25) is 4.79 Å². The van der Waals surface area contributed by atoms with Gasteiger partial charge in [0, 0.05) is 51.0 Å². The Bertz CT molecular complexity index is 2310. The summed E-state index contributed by atoms with van der Waals surface area (Å²) in [7, 11) is 0. The van der Waals surface area contributed by atoms with Crippen LogP contribution in [0, 0.1) is 23.7 Å². The molecule has 2 aliphatic heterocycles. The fourth-order valence-corrected chi connectivity index (χ4v) is 10.7. The number of imidazole rings is 2. The van der Waals surface area contributed by atoms with E-state index < -0.39 is 0 Å². The molecule has 4 aliphatic rings. The number of hydrogen-bond acceptors (Lipinski definition) is 4. The van der Waals surface area contributed by atoms with E-state index in [9.17, 15) is 4.79 Å². The Hall–Kier alpha value is -3.62. The minimum absolute atomic E-state index is 0. The Morgan fingerprint density at radius 1 is 0.644 bits per heavy atom. The molecule has 7 nitrogen and oxygen atoms in total. The first-order valence-corrected chi connectivity index (χ1v) is 21.9. The van der Waals surface area contributed by atoms with Gasteiger partial charge in [-0.1, -0.05) is 127 Å². The van der Waals surface area contributed by atoms with Gasteiger partial charge in [-0.25, -0.2) is 9.97 Å². The minimum Gasteiger partial charge on any atom is -1.00 e. The van der Waals surface area contributed by atoms with Crippen molar-refractivity contribution >= 4 is 45.3 Å². The zero-order chi connectivity index (χ0) is 39.1. The number of benzene rings is 4. The number of amides is 1. The van der Waals surface area contributed by atoms with E-state index in [1.54, 1.807) is 0 Å². The second-order valence-corrected chi connectivity index (χ2v) is 17.9. The molecule has 2 N–H and O–H groups in total. The van der Waals surface area contributed by atoms with Gasteiger partial charge in [0.1, 0.15) is 11.6 Å². The van der Waals surface area contributed by atoms with Crippen molar-refractivity contribution in [2.75, 3.05) is 32.7 Å². The summed E-state index contributed by atoms with van der Waals surface area (Å²) in [4.78, 5) is 34.2. The summed E-state index contributed by atoms with van der Waals surface area (Å²) in [6, 6.07) is 34.1. The van der Waals surface area contributed by atoms with Gasteiger partial charge in [0.15, 0.2) is 17.4 Å². The third-order valence-corrected chi connectivity index (χ3v) is 14.4. The molecule has 9 heteroatoms. The van der Waals surface area contributed by atoms with Crippen LogP contribution >= 0.6 is 0 Å². The number of unbranched alkanes of at least 4 members (excludes halogenated alkanes) is 6. The number of piperidine rings is 2. The predicted molar refractivity (Wildman–Crippen MR) is 248 cm³/mol. The molecule has 10 rings (SSSR count). The average Bonchev–Trinajstić information content (AvgIpc) is 3.67. The zero-order valence-electron chi connectivity index (χ0n) is 36.4. The number of carbonyl (C=O) groups is 1. The second-order valence-electron chi connectivity index (χ2n) is 17.9.